The van der Waals surface area contributed by atoms with Gasteiger partial charge in [-0.2, -0.15) is 5.26 Å². The van der Waals surface area contributed by atoms with Crippen molar-refractivity contribution in [2.24, 2.45) is 0 Å². The third-order valence-electron chi connectivity index (χ3n) is 3.66. The Hall–Kier alpha value is -3.12. The Morgan fingerprint density at radius 3 is 2.17 bits per heavy atom. The fourth-order valence-electron chi connectivity index (χ4n) is 2.46. The third kappa shape index (κ3) is 3.99. The van der Waals surface area contributed by atoms with E-state index < -0.39 is 0 Å². The summed E-state index contributed by atoms with van der Waals surface area (Å²) in [4.78, 5) is 4.62. The lowest BCUT2D eigenvalue weighted by Gasteiger charge is -2.10. The van der Waals surface area contributed by atoms with E-state index in [0.717, 1.165) is 22.4 Å². The lowest BCUT2D eigenvalue weighted by atomic mass is 10.0. The molecule has 1 aromatic heterocycles. The predicted molar refractivity (Wildman–Crippen MR) is 95.5 cm³/mol. The number of aromatic nitrogens is 1. The van der Waals surface area contributed by atoms with Crippen LogP contribution in [0.25, 0.3) is 22.4 Å². The molecule has 0 saturated carbocycles. The summed E-state index contributed by atoms with van der Waals surface area (Å²) < 4.78 is 5.77. The number of hydrogen-bond donors (Lipinski definition) is 0. The van der Waals surface area contributed by atoms with Crippen LogP contribution in [0, 0.1) is 11.3 Å². The van der Waals surface area contributed by atoms with Gasteiger partial charge in [-0.15, -0.1) is 0 Å². The van der Waals surface area contributed by atoms with Crippen molar-refractivity contribution in [3.63, 3.8) is 0 Å². The van der Waals surface area contributed by atoms with Gasteiger partial charge in [-0.3, -0.25) is 0 Å². The van der Waals surface area contributed by atoms with E-state index in [4.69, 9.17) is 10.00 Å². The Morgan fingerprint density at radius 1 is 0.833 bits per heavy atom. The highest BCUT2D eigenvalue weighted by Crippen LogP contribution is 2.28. The van der Waals surface area contributed by atoms with Crippen molar-refractivity contribution < 1.29 is 4.74 Å². The second-order valence-corrected chi connectivity index (χ2v) is 5.42. The molecule has 0 radical (unpaired) electrons. The van der Waals surface area contributed by atoms with Crippen LogP contribution in [-0.4, -0.2) is 11.6 Å². The molecular formula is C21H18N2O. The maximum absolute atomic E-state index is 8.63. The van der Waals surface area contributed by atoms with Crippen molar-refractivity contribution in [2.75, 3.05) is 6.61 Å². The summed E-state index contributed by atoms with van der Waals surface area (Å²) in [5.74, 6) is 0.591. The van der Waals surface area contributed by atoms with Gasteiger partial charge in [0.2, 0.25) is 5.88 Å². The SMILES string of the molecule is N#CCCCOc1cc(-c2ccccc2)cc(-c2ccccc2)n1. The van der Waals surface area contributed by atoms with Crippen LogP contribution in [0.5, 0.6) is 5.88 Å². The number of nitrogens with zero attached hydrogens (tertiary/aromatic N) is 2. The van der Waals surface area contributed by atoms with Crippen LogP contribution in [-0.2, 0) is 0 Å². The first-order chi connectivity index (χ1) is 11.9. The molecule has 0 saturated heterocycles. The van der Waals surface area contributed by atoms with Crippen molar-refractivity contribution >= 4 is 0 Å². The number of nitriles is 1. The molecule has 2 aromatic carbocycles. The van der Waals surface area contributed by atoms with Gasteiger partial charge >= 0.3 is 0 Å². The predicted octanol–water partition coefficient (Wildman–Crippen LogP) is 5.10. The van der Waals surface area contributed by atoms with Crippen LogP contribution in [0.3, 0.4) is 0 Å². The Bertz CT molecular complexity index is 766. The van der Waals surface area contributed by atoms with Gasteiger partial charge in [-0.25, -0.2) is 4.98 Å². The summed E-state index contributed by atoms with van der Waals surface area (Å²) in [5, 5.41) is 8.63. The highest BCUT2D eigenvalue weighted by atomic mass is 16.5. The Balaban J connectivity index is 1.95. The summed E-state index contributed by atoms with van der Waals surface area (Å²) in [7, 11) is 0. The first kappa shape index (κ1) is 15.8. The molecule has 3 rings (SSSR count). The zero-order valence-corrected chi connectivity index (χ0v) is 13.4. The van der Waals surface area contributed by atoms with Gasteiger partial charge in [-0.1, -0.05) is 60.7 Å². The highest BCUT2D eigenvalue weighted by molar-refractivity contribution is 5.71. The average molecular weight is 314 g/mol. The topological polar surface area (TPSA) is 45.9 Å². The number of benzene rings is 2. The van der Waals surface area contributed by atoms with Crippen LogP contribution in [0.1, 0.15) is 12.8 Å². The molecule has 0 N–H and O–H groups in total. The van der Waals surface area contributed by atoms with Crippen LogP contribution in [0.4, 0.5) is 0 Å². The van der Waals surface area contributed by atoms with Gasteiger partial charge in [0.15, 0.2) is 0 Å². The standard InChI is InChI=1S/C21H18N2O/c22-13-7-8-14-24-21-16-19(17-9-3-1-4-10-17)15-20(23-21)18-11-5-2-6-12-18/h1-6,9-12,15-16H,7-8,14H2. The quantitative estimate of drug-likeness (QED) is 0.595. The minimum absolute atomic E-state index is 0.490. The summed E-state index contributed by atoms with van der Waals surface area (Å²) >= 11 is 0. The monoisotopic (exact) mass is 314 g/mol. The summed E-state index contributed by atoms with van der Waals surface area (Å²) in [5.41, 5.74) is 4.13. The van der Waals surface area contributed by atoms with Gasteiger partial charge in [0.05, 0.1) is 18.4 Å². The summed E-state index contributed by atoms with van der Waals surface area (Å²) in [6.07, 6.45) is 1.19. The fraction of sp³-hybridized carbons (Fsp3) is 0.143. The van der Waals surface area contributed by atoms with Gasteiger partial charge in [0.1, 0.15) is 0 Å². The zero-order valence-electron chi connectivity index (χ0n) is 13.4. The molecule has 0 bridgehead atoms. The lowest BCUT2D eigenvalue weighted by Crippen LogP contribution is -2.00. The second kappa shape index (κ2) is 7.94. The minimum atomic E-state index is 0.490. The van der Waals surface area contributed by atoms with E-state index in [1.165, 1.54) is 0 Å². The number of ether oxygens (including phenoxy) is 1. The minimum Gasteiger partial charge on any atom is -0.478 e. The number of rotatable bonds is 6. The largest absolute Gasteiger partial charge is 0.478 e. The molecule has 0 spiro atoms. The second-order valence-electron chi connectivity index (χ2n) is 5.42. The van der Waals surface area contributed by atoms with Crippen molar-refractivity contribution in [1.29, 1.82) is 5.26 Å². The van der Waals surface area contributed by atoms with Gasteiger partial charge in [0.25, 0.3) is 0 Å². The van der Waals surface area contributed by atoms with Crippen molar-refractivity contribution in [2.45, 2.75) is 12.8 Å². The third-order valence-corrected chi connectivity index (χ3v) is 3.66. The summed E-state index contributed by atoms with van der Waals surface area (Å²) in [6.45, 7) is 0.493. The molecule has 0 atom stereocenters. The van der Waals surface area contributed by atoms with Crippen molar-refractivity contribution in [1.82, 2.24) is 4.98 Å². The Labute approximate surface area is 142 Å². The van der Waals surface area contributed by atoms with Crippen LogP contribution in [0.2, 0.25) is 0 Å². The molecule has 3 nitrogen and oxygen atoms in total. The van der Waals surface area contributed by atoms with Gasteiger partial charge in [0, 0.05) is 18.1 Å². The molecule has 0 amide bonds. The van der Waals surface area contributed by atoms with E-state index in [1.54, 1.807) is 0 Å². The van der Waals surface area contributed by atoms with E-state index in [1.807, 2.05) is 54.6 Å². The molecule has 0 unspecified atom stereocenters. The van der Waals surface area contributed by atoms with Gasteiger partial charge < -0.3 is 4.74 Å². The summed E-state index contributed by atoms with van der Waals surface area (Å²) in [6, 6.07) is 26.4. The molecule has 0 fully saturated rings. The Morgan fingerprint density at radius 2 is 1.50 bits per heavy atom. The molecule has 1 heterocycles. The van der Waals surface area contributed by atoms with E-state index in [-0.39, 0.29) is 0 Å². The first-order valence-corrected chi connectivity index (χ1v) is 7.99. The normalized spacial score (nSPS) is 10.1. The van der Waals surface area contributed by atoms with Crippen LogP contribution in [0.15, 0.2) is 72.8 Å². The molecule has 3 heteroatoms. The molecule has 24 heavy (non-hydrogen) atoms. The Kier molecular flexibility index (Phi) is 5.21. The first-order valence-electron chi connectivity index (χ1n) is 7.99. The highest BCUT2D eigenvalue weighted by Gasteiger charge is 2.07. The number of unbranched alkanes of at least 4 members (excludes halogenated alkanes) is 1. The van der Waals surface area contributed by atoms with Gasteiger partial charge in [-0.05, 0) is 23.6 Å². The molecule has 0 aliphatic carbocycles. The lowest BCUT2D eigenvalue weighted by molar-refractivity contribution is 0.301. The molecule has 3 aromatic rings. The van der Waals surface area contributed by atoms with E-state index in [9.17, 15) is 0 Å². The smallest absolute Gasteiger partial charge is 0.214 e. The number of hydrogen-bond acceptors (Lipinski definition) is 3. The maximum Gasteiger partial charge on any atom is 0.214 e. The van der Waals surface area contributed by atoms with Crippen LogP contribution < -0.4 is 4.74 Å². The zero-order chi connectivity index (χ0) is 16.6. The molecular weight excluding hydrogens is 296 g/mol. The maximum atomic E-state index is 8.63. The van der Waals surface area contributed by atoms with Crippen molar-refractivity contribution in [3.05, 3.63) is 72.8 Å². The average Bonchev–Trinajstić information content (AvgIpc) is 2.66. The number of pyridine rings is 1. The van der Waals surface area contributed by atoms with E-state index >= 15 is 0 Å². The fourth-order valence-corrected chi connectivity index (χ4v) is 2.46. The van der Waals surface area contributed by atoms with Crippen molar-refractivity contribution in [3.8, 4) is 34.3 Å². The molecule has 0 aliphatic heterocycles. The van der Waals surface area contributed by atoms with Crippen LogP contribution >= 0.6 is 0 Å². The molecule has 0 aliphatic rings. The molecule has 118 valence electrons. The van der Waals surface area contributed by atoms with E-state index in [2.05, 4.69) is 29.3 Å². The van der Waals surface area contributed by atoms with E-state index in [0.29, 0.717) is 25.3 Å².